The molecule has 1 aromatic carbocycles. The normalized spacial score (nSPS) is 13.5. The highest BCUT2D eigenvalue weighted by Gasteiger charge is 2.28. The van der Waals surface area contributed by atoms with Crippen LogP contribution in [0.3, 0.4) is 0 Å². The van der Waals surface area contributed by atoms with Gasteiger partial charge in [0.2, 0.25) is 0 Å². The fourth-order valence-corrected chi connectivity index (χ4v) is 2.36. The Morgan fingerprint density at radius 3 is 2.63 bits per heavy atom. The van der Waals surface area contributed by atoms with E-state index >= 15 is 0 Å². The number of nitrogens with one attached hydrogen (secondary N) is 1. The highest BCUT2D eigenvalue weighted by Crippen LogP contribution is 2.23. The summed E-state index contributed by atoms with van der Waals surface area (Å²) >= 11 is 3.38. The molecule has 0 saturated carbocycles. The van der Waals surface area contributed by atoms with Gasteiger partial charge in [-0.1, -0.05) is 35.0 Å². The lowest BCUT2D eigenvalue weighted by Gasteiger charge is -2.19. The van der Waals surface area contributed by atoms with Crippen molar-refractivity contribution in [1.82, 2.24) is 5.32 Å². The number of hydrogen-bond donors (Lipinski definition) is 1. The van der Waals surface area contributed by atoms with E-state index in [1.165, 1.54) is 0 Å². The summed E-state index contributed by atoms with van der Waals surface area (Å²) in [6.45, 7) is 2.75. The molecule has 108 valence electrons. The van der Waals surface area contributed by atoms with Crippen LogP contribution in [0.1, 0.15) is 31.7 Å². The summed E-state index contributed by atoms with van der Waals surface area (Å²) in [5.74, 6) is 0. The molecule has 1 N–H and O–H groups in total. The lowest BCUT2D eigenvalue weighted by molar-refractivity contribution is -0.136. The second-order valence-corrected chi connectivity index (χ2v) is 5.55. The Balaban J connectivity index is 2.58. The van der Waals surface area contributed by atoms with E-state index in [4.69, 9.17) is 0 Å². The van der Waals surface area contributed by atoms with Crippen LogP contribution in [0.2, 0.25) is 0 Å². The maximum Gasteiger partial charge on any atom is 0.389 e. The smallest absolute Gasteiger partial charge is 0.314 e. The summed E-state index contributed by atoms with van der Waals surface area (Å²) in [5.41, 5.74) is 1.05. The van der Waals surface area contributed by atoms with Crippen molar-refractivity contribution in [1.29, 1.82) is 0 Å². The number of halogens is 4. The first-order valence-electron chi connectivity index (χ1n) is 6.45. The molecular formula is C14H19BrF3N. The minimum Gasteiger partial charge on any atom is -0.314 e. The van der Waals surface area contributed by atoms with E-state index in [0.717, 1.165) is 23.0 Å². The van der Waals surface area contributed by atoms with E-state index in [1.54, 1.807) is 0 Å². The Kier molecular flexibility index (Phi) is 6.86. The fraction of sp³-hybridized carbons (Fsp3) is 0.571. The van der Waals surface area contributed by atoms with Crippen molar-refractivity contribution in [3.63, 3.8) is 0 Å². The van der Waals surface area contributed by atoms with Crippen LogP contribution in [0.5, 0.6) is 0 Å². The fourth-order valence-electron chi connectivity index (χ4n) is 1.91. The van der Waals surface area contributed by atoms with Gasteiger partial charge in [-0.15, -0.1) is 0 Å². The first-order chi connectivity index (χ1) is 8.90. The summed E-state index contributed by atoms with van der Waals surface area (Å²) in [5, 5.41) is 3.19. The van der Waals surface area contributed by atoms with Crippen LogP contribution in [0.25, 0.3) is 0 Å². The molecule has 0 spiro atoms. The van der Waals surface area contributed by atoms with Gasteiger partial charge in [0.25, 0.3) is 0 Å². The van der Waals surface area contributed by atoms with Gasteiger partial charge in [-0.3, -0.25) is 0 Å². The summed E-state index contributed by atoms with van der Waals surface area (Å²) in [6, 6.07) is 7.58. The lowest BCUT2D eigenvalue weighted by atomic mass is 10.0. The molecule has 0 fully saturated rings. The zero-order valence-corrected chi connectivity index (χ0v) is 12.5. The van der Waals surface area contributed by atoms with Crippen LogP contribution in [0.4, 0.5) is 13.2 Å². The first kappa shape index (κ1) is 16.5. The quantitative estimate of drug-likeness (QED) is 0.760. The first-order valence-corrected chi connectivity index (χ1v) is 7.24. The molecule has 5 heteroatoms. The molecule has 1 unspecified atom stereocenters. The van der Waals surface area contributed by atoms with E-state index in [-0.39, 0.29) is 12.5 Å². The van der Waals surface area contributed by atoms with Gasteiger partial charge in [-0.05, 0) is 43.5 Å². The molecular weight excluding hydrogens is 319 g/mol. The Bertz CT molecular complexity index is 379. The van der Waals surface area contributed by atoms with Crippen molar-refractivity contribution >= 4 is 15.9 Å². The van der Waals surface area contributed by atoms with E-state index in [1.807, 2.05) is 31.2 Å². The third-order valence-electron chi connectivity index (χ3n) is 2.83. The SMILES string of the molecule is CCCNC(CCC(F)(F)F)Cc1cccc(Br)c1. The molecule has 0 heterocycles. The van der Waals surface area contributed by atoms with Gasteiger partial charge in [-0.25, -0.2) is 0 Å². The molecule has 19 heavy (non-hydrogen) atoms. The topological polar surface area (TPSA) is 12.0 Å². The summed E-state index contributed by atoms with van der Waals surface area (Å²) in [6.07, 6.45) is -3.15. The van der Waals surface area contributed by atoms with E-state index in [2.05, 4.69) is 21.2 Å². The van der Waals surface area contributed by atoms with Crippen LogP contribution in [0.15, 0.2) is 28.7 Å². The van der Waals surface area contributed by atoms with Gasteiger partial charge in [0.1, 0.15) is 0 Å². The van der Waals surface area contributed by atoms with E-state index < -0.39 is 12.6 Å². The minimum atomic E-state index is -4.08. The molecule has 1 atom stereocenters. The van der Waals surface area contributed by atoms with Gasteiger partial charge in [-0.2, -0.15) is 13.2 Å². The van der Waals surface area contributed by atoms with Gasteiger partial charge in [0, 0.05) is 16.9 Å². The molecule has 0 aliphatic carbocycles. The van der Waals surface area contributed by atoms with Crippen LogP contribution in [0, 0.1) is 0 Å². The zero-order valence-electron chi connectivity index (χ0n) is 10.9. The molecule has 1 rings (SSSR count). The van der Waals surface area contributed by atoms with Crippen LogP contribution in [-0.4, -0.2) is 18.8 Å². The Morgan fingerprint density at radius 2 is 2.05 bits per heavy atom. The lowest BCUT2D eigenvalue weighted by Crippen LogP contribution is -2.33. The summed E-state index contributed by atoms with van der Waals surface area (Å²) < 4.78 is 37.9. The molecule has 0 saturated heterocycles. The Labute approximate surface area is 120 Å². The van der Waals surface area contributed by atoms with Crippen molar-refractivity contribution in [2.24, 2.45) is 0 Å². The van der Waals surface area contributed by atoms with Gasteiger partial charge in [0.05, 0.1) is 0 Å². The number of hydrogen-bond acceptors (Lipinski definition) is 1. The summed E-state index contributed by atoms with van der Waals surface area (Å²) in [7, 11) is 0. The summed E-state index contributed by atoms with van der Waals surface area (Å²) in [4.78, 5) is 0. The van der Waals surface area contributed by atoms with Crippen LogP contribution >= 0.6 is 15.9 Å². The van der Waals surface area contributed by atoms with Gasteiger partial charge >= 0.3 is 6.18 Å². The van der Waals surface area contributed by atoms with E-state index in [9.17, 15) is 13.2 Å². The number of alkyl halides is 3. The van der Waals surface area contributed by atoms with Crippen molar-refractivity contribution in [3.8, 4) is 0 Å². The van der Waals surface area contributed by atoms with Gasteiger partial charge in [0.15, 0.2) is 0 Å². The predicted octanol–water partition coefficient (Wildman–Crippen LogP) is 4.70. The Hall–Kier alpha value is -0.550. The highest BCUT2D eigenvalue weighted by atomic mass is 79.9. The largest absolute Gasteiger partial charge is 0.389 e. The zero-order chi connectivity index (χ0) is 14.3. The minimum absolute atomic E-state index is 0.121. The van der Waals surface area contributed by atoms with Crippen molar-refractivity contribution < 1.29 is 13.2 Å². The standard InChI is InChI=1S/C14H19BrF3N/c1-2-8-19-13(6-7-14(16,17)18)10-11-4-3-5-12(15)9-11/h3-5,9,13,19H,2,6-8,10H2,1H3. The molecule has 1 aromatic rings. The predicted molar refractivity (Wildman–Crippen MR) is 75.2 cm³/mol. The third-order valence-corrected chi connectivity index (χ3v) is 3.32. The molecule has 0 bridgehead atoms. The second kappa shape index (κ2) is 7.90. The van der Waals surface area contributed by atoms with Crippen molar-refractivity contribution in [2.45, 2.75) is 44.8 Å². The molecule has 0 aliphatic rings. The monoisotopic (exact) mass is 337 g/mol. The Morgan fingerprint density at radius 1 is 1.32 bits per heavy atom. The number of rotatable bonds is 7. The van der Waals surface area contributed by atoms with Crippen LogP contribution < -0.4 is 5.32 Å². The second-order valence-electron chi connectivity index (χ2n) is 4.64. The molecule has 1 nitrogen and oxygen atoms in total. The van der Waals surface area contributed by atoms with Crippen molar-refractivity contribution in [2.75, 3.05) is 6.54 Å². The highest BCUT2D eigenvalue weighted by molar-refractivity contribution is 9.10. The molecule has 0 radical (unpaired) electrons. The average molecular weight is 338 g/mol. The van der Waals surface area contributed by atoms with Crippen molar-refractivity contribution in [3.05, 3.63) is 34.3 Å². The molecule has 0 amide bonds. The average Bonchev–Trinajstić information content (AvgIpc) is 2.31. The van der Waals surface area contributed by atoms with E-state index in [0.29, 0.717) is 6.42 Å². The third kappa shape index (κ3) is 7.57. The number of benzene rings is 1. The van der Waals surface area contributed by atoms with Crippen LogP contribution in [-0.2, 0) is 6.42 Å². The maximum atomic E-state index is 12.3. The molecule has 0 aliphatic heterocycles. The van der Waals surface area contributed by atoms with Gasteiger partial charge < -0.3 is 5.32 Å². The molecule has 0 aromatic heterocycles. The maximum absolute atomic E-state index is 12.3.